The van der Waals surface area contributed by atoms with Gasteiger partial charge in [-0.25, -0.2) is 5.84 Å². The summed E-state index contributed by atoms with van der Waals surface area (Å²) in [5.41, 5.74) is 3.38. The van der Waals surface area contributed by atoms with E-state index in [0.717, 1.165) is 31.7 Å². The second kappa shape index (κ2) is 5.82. The number of hydrogen-bond donors (Lipinski definition) is 2. The van der Waals surface area contributed by atoms with Crippen LogP contribution in [0.3, 0.4) is 0 Å². The first-order valence-corrected chi connectivity index (χ1v) is 6.32. The molecule has 0 unspecified atom stereocenters. The van der Waals surface area contributed by atoms with Gasteiger partial charge in [0, 0.05) is 25.1 Å². The van der Waals surface area contributed by atoms with Gasteiger partial charge in [0.15, 0.2) is 0 Å². The summed E-state index contributed by atoms with van der Waals surface area (Å²) >= 11 is 0. The Morgan fingerprint density at radius 3 is 3.00 bits per heavy atom. The largest absolute Gasteiger partial charge is 0.294 e. The molecule has 0 aromatic carbocycles. The minimum absolute atomic E-state index is 0.0832. The van der Waals surface area contributed by atoms with E-state index in [-0.39, 0.29) is 5.91 Å². The van der Waals surface area contributed by atoms with Crippen molar-refractivity contribution in [3.05, 3.63) is 18.0 Å². The fourth-order valence-electron chi connectivity index (χ4n) is 1.91. The van der Waals surface area contributed by atoms with Crippen LogP contribution in [0.15, 0.2) is 12.3 Å². The Labute approximate surface area is 101 Å². The van der Waals surface area contributed by atoms with Crippen molar-refractivity contribution in [3.63, 3.8) is 0 Å². The quantitative estimate of drug-likeness (QED) is 0.324. The fraction of sp³-hybridized carbons (Fsp3) is 0.667. The molecule has 1 saturated carbocycles. The van der Waals surface area contributed by atoms with E-state index in [0.29, 0.717) is 6.42 Å². The highest BCUT2D eigenvalue weighted by atomic mass is 16.2. The summed E-state index contributed by atoms with van der Waals surface area (Å²) in [7, 11) is 0. The number of hydrazine groups is 1. The summed E-state index contributed by atoms with van der Waals surface area (Å²) in [5.74, 6) is 5.64. The molecule has 3 N–H and O–H groups in total. The Bertz CT molecular complexity index is 370. The van der Waals surface area contributed by atoms with Crippen molar-refractivity contribution in [2.45, 2.75) is 51.0 Å². The van der Waals surface area contributed by atoms with Crippen molar-refractivity contribution < 1.29 is 4.79 Å². The molecule has 0 radical (unpaired) electrons. The number of hydrogen-bond acceptors (Lipinski definition) is 3. The fourth-order valence-corrected chi connectivity index (χ4v) is 1.91. The average molecular weight is 236 g/mol. The highest BCUT2D eigenvalue weighted by Gasteiger charge is 2.25. The van der Waals surface area contributed by atoms with Crippen molar-refractivity contribution in [1.82, 2.24) is 15.2 Å². The highest BCUT2D eigenvalue weighted by Crippen LogP contribution is 2.38. The van der Waals surface area contributed by atoms with Crippen LogP contribution in [0, 0.1) is 0 Å². The number of carbonyl (C=O) groups excluding carboxylic acids is 1. The Morgan fingerprint density at radius 2 is 2.29 bits per heavy atom. The van der Waals surface area contributed by atoms with Gasteiger partial charge in [0.25, 0.3) is 0 Å². The molecule has 0 saturated heterocycles. The zero-order chi connectivity index (χ0) is 12.1. The molecule has 1 aliphatic carbocycles. The van der Waals surface area contributed by atoms with Gasteiger partial charge in [-0.05, 0) is 31.7 Å². The van der Waals surface area contributed by atoms with Gasteiger partial charge in [-0.15, -0.1) is 0 Å². The third-order valence-electron chi connectivity index (χ3n) is 3.11. The molecule has 5 heteroatoms. The van der Waals surface area contributed by atoms with E-state index in [1.54, 1.807) is 0 Å². The molecule has 1 aromatic heterocycles. The van der Waals surface area contributed by atoms with E-state index in [1.165, 1.54) is 18.5 Å². The van der Waals surface area contributed by atoms with E-state index in [4.69, 9.17) is 5.84 Å². The van der Waals surface area contributed by atoms with Crippen LogP contribution < -0.4 is 11.3 Å². The second-order valence-corrected chi connectivity index (χ2v) is 4.66. The Hall–Kier alpha value is -1.36. The molecule has 94 valence electrons. The molecular weight excluding hydrogens is 216 g/mol. The number of nitrogens with one attached hydrogen (secondary N) is 1. The smallest absolute Gasteiger partial charge is 0.233 e. The number of carbonyl (C=O) groups is 1. The molecule has 0 aliphatic heterocycles. The summed E-state index contributed by atoms with van der Waals surface area (Å²) in [6.45, 7) is 0.941. The number of aryl methyl sites for hydroxylation is 1. The maximum absolute atomic E-state index is 10.9. The van der Waals surface area contributed by atoms with Gasteiger partial charge in [-0.2, -0.15) is 5.10 Å². The van der Waals surface area contributed by atoms with Gasteiger partial charge in [0.2, 0.25) is 5.91 Å². The first-order valence-electron chi connectivity index (χ1n) is 6.32. The monoisotopic (exact) mass is 236 g/mol. The molecule has 1 heterocycles. The third-order valence-corrected chi connectivity index (χ3v) is 3.11. The van der Waals surface area contributed by atoms with Crippen LogP contribution in [0.25, 0.3) is 0 Å². The molecule has 5 nitrogen and oxygen atoms in total. The number of unbranched alkanes of at least 4 members (excludes halogenated alkanes) is 2. The number of nitrogens with two attached hydrogens (primary N) is 1. The lowest BCUT2D eigenvalue weighted by atomic mass is 10.2. The molecule has 2 rings (SSSR count). The van der Waals surface area contributed by atoms with Gasteiger partial charge < -0.3 is 0 Å². The van der Waals surface area contributed by atoms with Crippen molar-refractivity contribution in [2.24, 2.45) is 5.84 Å². The zero-order valence-electron chi connectivity index (χ0n) is 10.1. The van der Waals surface area contributed by atoms with E-state index in [9.17, 15) is 4.79 Å². The number of amides is 1. The summed E-state index contributed by atoms with van der Waals surface area (Å²) in [6, 6.07) is 2.12. The van der Waals surface area contributed by atoms with Crippen LogP contribution in [-0.4, -0.2) is 15.7 Å². The minimum atomic E-state index is -0.0832. The van der Waals surface area contributed by atoms with Gasteiger partial charge in [-0.1, -0.05) is 6.42 Å². The third kappa shape index (κ3) is 3.85. The predicted molar refractivity (Wildman–Crippen MR) is 65.0 cm³/mol. The maximum atomic E-state index is 10.9. The van der Waals surface area contributed by atoms with Gasteiger partial charge in [0.1, 0.15) is 0 Å². The molecule has 0 bridgehead atoms. The van der Waals surface area contributed by atoms with Crippen molar-refractivity contribution in [2.75, 3.05) is 0 Å². The summed E-state index contributed by atoms with van der Waals surface area (Å²) in [4.78, 5) is 10.9. The maximum Gasteiger partial charge on any atom is 0.233 e. The molecule has 1 amide bonds. The van der Waals surface area contributed by atoms with E-state index < -0.39 is 0 Å². The van der Waals surface area contributed by atoms with Crippen molar-refractivity contribution >= 4 is 5.91 Å². The van der Waals surface area contributed by atoms with Crippen molar-refractivity contribution in [1.29, 1.82) is 0 Å². The second-order valence-electron chi connectivity index (χ2n) is 4.66. The van der Waals surface area contributed by atoms with Crippen LogP contribution in [0.2, 0.25) is 0 Å². The van der Waals surface area contributed by atoms with Crippen molar-refractivity contribution in [3.8, 4) is 0 Å². The normalized spacial score (nSPS) is 14.9. The number of aromatic nitrogens is 2. The molecule has 1 aromatic rings. The lowest BCUT2D eigenvalue weighted by molar-refractivity contribution is -0.121. The van der Waals surface area contributed by atoms with Crippen LogP contribution in [0.1, 0.15) is 50.1 Å². The Balaban J connectivity index is 1.59. The van der Waals surface area contributed by atoms with Gasteiger partial charge in [-0.3, -0.25) is 14.9 Å². The Morgan fingerprint density at radius 1 is 1.47 bits per heavy atom. The molecule has 1 aliphatic rings. The first-order chi connectivity index (χ1) is 8.29. The topological polar surface area (TPSA) is 72.9 Å². The Kier molecular flexibility index (Phi) is 4.14. The van der Waals surface area contributed by atoms with E-state index in [1.807, 2.05) is 4.68 Å². The van der Waals surface area contributed by atoms with E-state index >= 15 is 0 Å². The van der Waals surface area contributed by atoms with Crippen LogP contribution in [0.5, 0.6) is 0 Å². The lowest BCUT2D eigenvalue weighted by Crippen LogP contribution is -2.29. The molecule has 1 fully saturated rings. The molecule has 17 heavy (non-hydrogen) atoms. The molecule has 0 atom stereocenters. The highest BCUT2D eigenvalue weighted by molar-refractivity contribution is 5.74. The minimum Gasteiger partial charge on any atom is -0.294 e. The lowest BCUT2D eigenvalue weighted by Gasteiger charge is -2.02. The summed E-state index contributed by atoms with van der Waals surface area (Å²) in [6.07, 6.45) is 8.15. The summed E-state index contributed by atoms with van der Waals surface area (Å²) in [5, 5.41) is 4.54. The standard InChI is InChI=1S/C12H20N4O/c13-14-12(17)4-2-1-3-8-16-9-7-11(15-16)10-5-6-10/h7,9-10H,1-6,8,13H2,(H,14,17). The van der Waals surface area contributed by atoms with Gasteiger partial charge in [0.05, 0.1) is 5.69 Å². The number of rotatable bonds is 7. The summed E-state index contributed by atoms with van der Waals surface area (Å²) < 4.78 is 2.01. The molecular formula is C12H20N4O. The van der Waals surface area contributed by atoms with Crippen LogP contribution in [0.4, 0.5) is 0 Å². The zero-order valence-corrected chi connectivity index (χ0v) is 10.1. The SMILES string of the molecule is NNC(=O)CCCCCn1ccc(C2CC2)n1. The van der Waals surface area contributed by atoms with Crippen LogP contribution in [-0.2, 0) is 11.3 Å². The van der Waals surface area contributed by atoms with Crippen LogP contribution >= 0.6 is 0 Å². The van der Waals surface area contributed by atoms with E-state index in [2.05, 4.69) is 22.8 Å². The average Bonchev–Trinajstić information content (AvgIpc) is 3.09. The first kappa shape index (κ1) is 12.1. The number of nitrogens with zero attached hydrogens (tertiary/aromatic N) is 2. The predicted octanol–water partition coefficient (Wildman–Crippen LogP) is 1.31. The molecule has 0 spiro atoms. The van der Waals surface area contributed by atoms with Gasteiger partial charge >= 0.3 is 0 Å².